The van der Waals surface area contributed by atoms with Crippen LogP contribution in [0.25, 0.3) is 0 Å². The molecule has 0 aliphatic rings. The number of carbonyl (C=O) groups excluding carboxylic acids is 1. The summed E-state index contributed by atoms with van der Waals surface area (Å²) >= 11 is 0. The number of nitrogens with one attached hydrogen (secondary N) is 1. The number of aryl methyl sites for hydroxylation is 2. The normalized spacial score (nSPS) is 12.1. The first-order chi connectivity index (χ1) is 10.7. The lowest BCUT2D eigenvalue weighted by atomic mass is 10.1. The van der Waals surface area contributed by atoms with E-state index in [1.807, 2.05) is 48.1 Å². The summed E-state index contributed by atoms with van der Waals surface area (Å²) in [4.78, 5) is 16.9. The predicted octanol–water partition coefficient (Wildman–Crippen LogP) is 1.67. The van der Waals surface area contributed by atoms with Crippen LogP contribution >= 0.6 is 0 Å². The maximum Gasteiger partial charge on any atom is 0.270 e. The second-order valence-electron chi connectivity index (χ2n) is 5.05. The molecule has 3 rings (SSSR count). The Labute approximate surface area is 128 Å². The highest BCUT2D eigenvalue weighted by Crippen LogP contribution is 2.20. The van der Waals surface area contributed by atoms with Crippen molar-refractivity contribution in [1.82, 2.24) is 24.6 Å². The monoisotopic (exact) mass is 295 g/mol. The zero-order chi connectivity index (χ0) is 15.5. The van der Waals surface area contributed by atoms with E-state index < -0.39 is 0 Å². The van der Waals surface area contributed by atoms with E-state index in [9.17, 15) is 4.79 Å². The highest BCUT2D eigenvalue weighted by atomic mass is 16.2. The Balaban J connectivity index is 1.95. The molecule has 3 aromatic rings. The maximum absolute atomic E-state index is 12.5. The van der Waals surface area contributed by atoms with E-state index in [0.717, 1.165) is 11.4 Å². The zero-order valence-corrected chi connectivity index (χ0v) is 12.5. The van der Waals surface area contributed by atoms with Crippen LogP contribution in [-0.4, -0.2) is 25.2 Å². The summed E-state index contributed by atoms with van der Waals surface area (Å²) in [5, 5.41) is 7.07. The van der Waals surface area contributed by atoms with Crippen molar-refractivity contribution in [2.24, 2.45) is 14.1 Å². The number of carbonyl (C=O) groups is 1. The molecule has 1 aromatic carbocycles. The van der Waals surface area contributed by atoms with Gasteiger partial charge in [-0.1, -0.05) is 30.3 Å². The number of amides is 1. The third kappa shape index (κ3) is 2.63. The summed E-state index contributed by atoms with van der Waals surface area (Å²) in [6.07, 6.45) is 5.19. The van der Waals surface area contributed by atoms with Gasteiger partial charge in [0.05, 0.1) is 0 Å². The molecule has 22 heavy (non-hydrogen) atoms. The van der Waals surface area contributed by atoms with Gasteiger partial charge in [-0.2, -0.15) is 5.10 Å². The SMILES string of the molecule is Cn1ccnc1C(NC(=O)c1ccnn1C)c1ccccc1. The number of imidazole rings is 1. The van der Waals surface area contributed by atoms with E-state index in [0.29, 0.717) is 5.69 Å². The summed E-state index contributed by atoms with van der Waals surface area (Å²) in [7, 11) is 3.65. The summed E-state index contributed by atoms with van der Waals surface area (Å²) in [6.45, 7) is 0. The van der Waals surface area contributed by atoms with Crippen LogP contribution in [0.15, 0.2) is 55.0 Å². The molecule has 6 nitrogen and oxygen atoms in total. The molecule has 0 saturated heterocycles. The number of hydrogen-bond acceptors (Lipinski definition) is 3. The van der Waals surface area contributed by atoms with Crippen LogP contribution in [0.4, 0.5) is 0 Å². The van der Waals surface area contributed by atoms with Crippen molar-refractivity contribution in [2.75, 3.05) is 0 Å². The molecule has 0 aliphatic heterocycles. The molecule has 0 bridgehead atoms. The first-order valence-electron chi connectivity index (χ1n) is 6.98. The lowest BCUT2D eigenvalue weighted by Gasteiger charge is -2.19. The first-order valence-corrected chi connectivity index (χ1v) is 6.98. The van der Waals surface area contributed by atoms with Crippen molar-refractivity contribution in [3.8, 4) is 0 Å². The molecule has 1 atom stereocenters. The number of nitrogens with zero attached hydrogens (tertiary/aromatic N) is 4. The van der Waals surface area contributed by atoms with E-state index >= 15 is 0 Å². The number of benzene rings is 1. The average molecular weight is 295 g/mol. The summed E-state index contributed by atoms with van der Waals surface area (Å²) in [5.41, 5.74) is 1.49. The van der Waals surface area contributed by atoms with E-state index in [-0.39, 0.29) is 11.9 Å². The molecule has 0 spiro atoms. The van der Waals surface area contributed by atoms with Gasteiger partial charge in [0, 0.05) is 32.7 Å². The van der Waals surface area contributed by atoms with Gasteiger partial charge < -0.3 is 9.88 Å². The Bertz CT molecular complexity index is 775. The Morgan fingerprint density at radius 2 is 1.91 bits per heavy atom. The third-order valence-electron chi connectivity index (χ3n) is 3.58. The second kappa shape index (κ2) is 5.85. The van der Waals surface area contributed by atoms with E-state index in [4.69, 9.17) is 0 Å². The van der Waals surface area contributed by atoms with E-state index in [1.165, 1.54) is 0 Å². The van der Waals surface area contributed by atoms with Gasteiger partial charge >= 0.3 is 0 Å². The second-order valence-corrected chi connectivity index (χ2v) is 5.05. The van der Waals surface area contributed by atoms with Crippen LogP contribution in [0, 0.1) is 0 Å². The maximum atomic E-state index is 12.5. The lowest BCUT2D eigenvalue weighted by Crippen LogP contribution is -2.32. The summed E-state index contributed by atoms with van der Waals surface area (Å²) in [5.74, 6) is 0.596. The molecule has 0 aliphatic carbocycles. The standard InChI is InChI=1S/C16H17N5O/c1-20-11-10-17-15(20)14(12-6-4-3-5-7-12)19-16(22)13-8-9-18-21(13)2/h3-11,14H,1-2H3,(H,19,22). The minimum absolute atomic E-state index is 0.183. The lowest BCUT2D eigenvalue weighted by molar-refractivity contribution is 0.0931. The van der Waals surface area contributed by atoms with Crippen LogP contribution in [0.3, 0.4) is 0 Å². The van der Waals surface area contributed by atoms with Gasteiger partial charge in [-0.05, 0) is 11.6 Å². The van der Waals surface area contributed by atoms with E-state index in [1.54, 1.807) is 30.2 Å². The van der Waals surface area contributed by atoms with Crippen LogP contribution in [0.2, 0.25) is 0 Å². The molecule has 0 fully saturated rings. The van der Waals surface area contributed by atoms with Crippen LogP contribution in [0.5, 0.6) is 0 Å². The molecule has 6 heteroatoms. The van der Waals surface area contributed by atoms with Gasteiger partial charge in [0.1, 0.15) is 17.6 Å². The van der Waals surface area contributed by atoms with Gasteiger partial charge in [-0.3, -0.25) is 9.48 Å². The van der Waals surface area contributed by atoms with E-state index in [2.05, 4.69) is 15.4 Å². The Hall–Kier alpha value is -2.89. The molecular weight excluding hydrogens is 278 g/mol. The Kier molecular flexibility index (Phi) is 3.74. The highest BCUT2D eigenvalue weighted by Gasteiger charge is 2.22. The predicted molar refractivity (Wildman–Crippen MR) is 82.2 cm³/mol. The smallest absolute Gasteiger partial charge is 0.270 e. The molecule has 1 amide bonds. The molecule has 0 radical (unpaired) electrons. The Morgan fingerprint density at radius 3 is 2.50 bits per heavy atom. The molecule has 0 saturated carbocycles. The molecule has 2 aromatic heterocycles. The third-order valence-corrected chi connectivity index (χ3v) is 3.58. The number of hydrogen-bond donors (Lipinski definition) is 1. The molecule has 1 N–H and O–H groups in total. The van der Waals surface area contributed by atoms with Gasteiger partial charge in [0.15, 0.2) is 0 Å². The first kappa shape index (κ1) is 14.1. The van der Waals surface area contributed by atoms with Gasteiger partial charge in [-0.15, -0.1) is 0 Å². The molecule has 1 unspecified atom stereocenters. The van der Waals surface area contributed by atoms with Crippen molar-refractivity contribution in [3.63, 3.8) is 0 Å². The Morgan fingerprint density at radius 1 is 1.14 bits per heavy atom. The molecule has 2 heterocycles. The van der Waals surface area contributed by atoms with Crippen LogP contribution < -0.4 is 5.32 Å². The minimum atomic E-state index is -0.316. The van der Waals surface area contributed by atoms with Crippen molar-refractivity contribution in [3.05, 3.63) is 72.1 Å². The van der Waals surface area contributed by atoms with Crippen molar-refractivity contribution >= 4 is 5.91 Å². The summed E-state index contributed by atoms with van der Waals surface area (Å²) < 4.78 is 3.46. The fourth-order valence-corrected chi connectivity index (χ4v) is 2.40. The molecular formula is C16H17N5O. The van der Waals surface area contributed by atoms with Gasteiger partial charge in [-0.25, -0.2) is 4.98 Å². The largest absolute Gasteiger partial charge is 0.337 e. The van der Waals surface area contributed by atoms with Crippen LogP contribution in [-0.2, 0) is 14.1 Å². The number of aromatic nitrogens is 4. The van der Waals surface area contributed by atoms with Crippen molar-refractivity contribution in [2.45, 2.75) is 6.04 Å². The summed E-state index contributed by atoms with van der Waals surface area (Å²) in [6, 6.07) is 11.2. The molecule has 112 valence electrons. The number of rotatable bonds is 4. The van der Waals surface area contributed by atoms with Gasteiger partial charge in [0.25, 0.3) is 5.91 Å². The van der Waals surface area contributed by atoms with Crippen molar-refractivity contribution < 1.29 is 4.79 Å². The van der Waals surface area contributed by atoms with Gasteiger partial charge in [0.2, 0.25) is 0 Å². The topological polar surface area (TPSA) is 64.7 Å². The fourth-order valence-electron chi connectivity index (χ4n) is 2.40. The minimum Gasteiger partial charge on any atom is -0.337 e. The van der Waals surface area contributed by atoms with Crippen molar-refractivity contribution in [1.29, 1.82) is 0 Å². The average Bonchev–Trinajstić information content (AvgIpc) is 3.14. The highest BCUT2D eigenvalue weighted by molar-refractivity contribution is 5.92. The zero-order valence-electron chi connectivity index (χ0n) is 12.5. The quantitative estimate of drug-likeness (QED) is 0.796. The fraction of sp³-hybridized carbons (Fsp3) is 0.188. The van der Waals surface area contributed by atoms with Crippen LogP contribution in [0.1, 0.15) is 27.9 Å².